The maximum Gasteiger partial charge on any atom is 0.227 e. The first-order valence-corrected chi connectivity index (χ1v) is 11.4. The number of carbonyl (C=O) groups is 1. The Bertz CT molecular complexity index is 1220. The Labute approximate surface area is 194 Å². The van der Waals surface area contributed by atoms with Gasteiger partial charge in [-0.1, -0.05) is 48.5 Å². The molecule has 0 unspecified atom stereocenters. The van der Waals surface area contributed by atoms with Gasteiger partial charge in [-0.2, -0.15) is 0 Å². The van der Waals surface area contributed by atoms with Crippen LogP contribution in [-0.4, -0.2) is 17.4 Å². The number of rotatable bonds is 7. The van der Waals surface area contributed by atoms with E-state index in [1.165, 1.54) is 11.1 Å². The maximum atomic E-state index is 13.0. The Hall–Kier alpha value is -3.92. The lowest BCUT2D eigenvalue weighted by Crippen LogP contribution is -2.29. The Kier molecular flexibility index (Phi) is 6.16. The van der Waals surface area contributed by atoms with Gasteiger partial charge < -0.3 is 9.64 Å². The lowest BCUT2D eigenvalue weighted by atomic mass is 10.0. The Morgan fingerprint density at radius 3 is 2.42 bits per heavy atom. The molecule has 0 N–H and O–H groups in total. The quantitative estimate of drug-likeness (QED) is 0.366. The first-order chi connectivity index (χ1) is 16.3. The van der Waals surface area contributed by atoms with Gasteiger partial charge in [-0.3, -0.25) is 9.78 Å². The van der Waals surface area contributed by atoms with E-state index in [0.29, 0.717) is 13.0 Å². The molecule has 1 aliphatic rings. The average molecular weight is 435 g/mol. The van der Waals surface area contributed by atoms with Crippen LogP contribution >= 0.6 is 0 Å². The fourth-order valence-electron chi connectivity index (χ4n) is 4.26. The number of hydrogen-bond acceptors (Lipinski definition) is 3. The smallest absolute Gasteiger partial charge is 0.227 e. The minimum atomic E-state index is 0.176. The van der Waals surface area contributed by atoms with Gasteiger partial charge in [-0.15, -0.1) is 0 Å². The van der Waals surface area contributed by atoms with Gasteiger partial charge in [0, 0.05) is 31.0 Å². The molecule has 0 bridgehead atoms. The molecule has 0 aliphatic carbocycles. The van der Waals surface area contributed by atoms with Crippen LogP contribution in [0.1, 0.15) is 23.1 Å². The summed E-state index contributed by atoms with van der Waals surface area (Å²) >= 11 is 0. The molecule has 33 heavy (non-hydrogen) atoms. The third-order valence-corrected chi connectivity index (χ3v) is 6.09. The Morgan fingerprint density at radius 2 is 1.64 bits per heavy atom. The molecular weight excluding hydrogens is 408 g/mol. The molecule has 0 atom stereocenters. The van der Waals surface area contributed by atoms with Gasteiger partial charge in [0.2, 0.25) is 5.91 Å². The van der Waals surface area contributed by atoms with E-state index in [0.717, 1.165) is 47.5 Å². The zero-order valence-electron chi connectivity index (χ0n) is 18.5. The van der Waals surface area contributed by atoms with Crippen LogP contribution in [0, 0.1) is 0 Å². The Morgan fingerprint density at radius 1 is 0.848 bits per heavy atom. The molecule has 1 aliphatic heterocycles. The molecule has 1 amide bonds. The van der Waals surface area contributed by atoms with Crippen molar-refractivity contribution in [3.63, 3.8) is 0 Å². The first-order valence-electron chi connectivity index (χ1n) is 11.4. The van der Waals surface area contributed by atoms with Crippen molar-refractivity contribution in [3.05, 3.63) is 114 Å². The molecule has 0 radical (unpaired) electrons. The average Bonchev–Trinajstić information content (AvgIpc) is 3.31. The van der Waals surface area contributed by atoms with Crippen molar-refractivity contribution >= 4 is 11.6 Å². The van der Waals surface area contributed by atoms with E-state index in [1.54, 1.807) is 12.4 Å². The summed E-state index contributed by atoms with van der Waals surface area (Å²) in [6.07, 6.45) is 5.72. The van der Waals surface area contributed by atoms with Crippen molar-refractivity contribution in [2.24, 2.45) is 0 Å². The molecule has 5 rings (SSSR count). The SMILES string of the molecule is O=C(CCc1ccc(OCc2ccccc2)cc1)N1CCc2cc(-c3ccncc3)ccc21. The zero-order chi connectivity index (χ0) is 22.5. The highest BCUT2D eigenvalue weighted by atomic mass is 16.5. The monoisotopic (exact) mass is 434 g/mol. The van der Waals surface area contributed by atoms with Gasteiger partial charge in [0.15, 0.2) is 0 Å². The molecule has 3 aromatic carbocycles. The molecule has 0 fully saturated rings. The van der Waals surface area contributed by atoms with E-state index in [9.17, 15) is 4.79 Å². The van der Waals surface area contributed by atoms with Crippen LogP contribution in [0.3, 0.4) is 0 Å². The molecule has 1 aromatic heterocycles. The fraction of sp³-hybridized carbons (Fsp3) is 0.172. The normalized spacial score (nSPS) is 12.4. The van der Waals surface area contributed by atoms with Crippen LogP contribution in [-0.2, 0) is 24.2 Å². The van der Waals surface area contributed by atoms with E-state index < -0.39 is 0 Å². The van der Waals surface area contributed by atoms with Crippen molar-refractivity contribution in [1.29, 1.82) is 0 Å². The van der Waals surface area contributed by atoms with E-state index in [1.807, 2.05) is 59.5 Å². The standard InChI is InChI=1S/C29H26N2O2/c32-29(13-8-22-6-10-27(11-7-22)33-21-23-4-2-1-3-5-23)31-19-16-26-20-25(9-12-28(26)31)24-14-17-30-18-15-24/h1-7,9-12,14-15,17-18,20H,8,13,16,19,21H2. The van der Waals surface area contributed by atoms with Crippen molar-refractivity contribution < 1.29 is 9.53 Å². The summed E-state index contributed by atoms with van der Waals surface area (Å²) in [5, 5.41) is 0. The highest BCUT2D eigenvalue weighted by molar-refractivity contribution is 5.96. The molecule has 0 spiro atoms. The Balaban J connectivity index is 1.17. The second-order valence-corrected chi connectivity index (χ2v) is 8.29. The number of amides is 1. The minimum Gasteiger partial charge on any atom is -0.489 e. The van der Waals surface area contributed by atoms with Crippen LogP contribution in [0.2, 0.25) is 0 Å². The van der Waals surface area contributed by atoms with Crippen LogP contribution in [0.4, 0.5) is 5.69 Å². The third kappa shape index (κ3) is 4.96. The topological polar surface area (TPSA) is 42.4 Å². The molecule has 4 nitrogen and oxygen atoms in total. The van der Waals surface area contributed by atoms with Crippen LogP contribution < -0.4 is 9.64 Å². The van der Waals surface area contributed by atoms with Crippen molar-refractivity contribution in [2.45, 2.75) is 25.9 Å². The van der Waals surface area contributed by atoms with Crippen molar-refractivity contribution in [2.75, 3.05) is 11.4 Å². The molecule has 164 valence electrons. The molecular formula is C29H26N2O2. The van der Waals surface area contributed by atoms with Gasteiger partial charge >= 0.3 is 0 Å². The van der Waals surface area contributed by atoms with Gasteiger partial charge in [-0.05, 0) is 77.1 Å². The number of aryl methyl sites for hydroxylation is 1. The number of benzene rings is 3. The summed E-state index contributed by atoms with van der Waals surface area (Å²) < 4.78 is 5.86. The number of anilines is 1. The summed E-state index contributed by atoms with van der Waals surface area (Å²) in [6, 6.07) is 28.6. The summed E-state index contributed by atoms with van der Waals surface area (Å²) in [4.78, 5) is 19.0. The van der Waals surface area contributed by atoms with E-state index >= 15 is 0 Å². The number of nitrogens with zero attached hydrogens (tertiary/aromatic N) is 2. The van der Waals surface area contributed by atoms with Gasteiger partial charge in [0.1, 0.15) is 12.4 Å². The number of carbonyl (C=O) groups excluding carboxylic acids is 1. The molecule has 4 heteroatoms. The highest BCUT2D eigenvalue weighted by Crippen LogP contribution is 2.32. The first kappa shape index (κ1) is 21.0. The van der Waals surface area contributed by atoms with Gasteiger partial charge in [-0.25, -0.2) is 0 Å². The zero-order valence-corrected chi connectivity index (χ0v) is 18.5. The van der Waals surface area contributed by atoms with Gasteiger partial charge in [0.25, 0.3) is 0 Å². The largest absolute Gasteiger partial charge is 0.489 e. The highest BCUT2D eigenvalue weighted by Gasteiger charge is 2.24. The summed E-state index contributed by atoms with van der Waals surface area (Å²) in [6.45, 7) is 1.30. The second-order valence-electron chi connectivity index (χ2n) is 8.29. The predicted molar refractivity (Wildman–Crippen MR) is 131 cm³/mol. The van der Waals surface area contributed by atoms with Crippen LogP contribution in [0.15, 0.2) is 97.3 Å². The van der Waals surface area contributed by atoms with Crippen LogP contribution in [0.25, 0.3) is 11.1 Å². The number of ether oxygens (including phenoxy) is 1. The third-order valence-electron chi connectivity index (χ3n) is 6.09. The summed E-state index contributed by atoms with van der Waals surface area (Å²) in [7, 11) is 0. The molecule has 0 saturated carbocycles. The minimum absolute atomic E-state index is 0.176. The maximum absolute atomic E-state index is 13.0. The van der Waals surface area contributed by atoms with E-state index in [-0.39, 0.29) is 5.91 Å². The number of hydrogen-bond donors (Lipinski definition) is 0. The van der Waals surface area contributed by atoms with E-state index in [2.05, 4.69) is 35.3 Å². The van der Waals surface area contributed by atoms with E-state index in [4.69, 9.17) is 4.74 Å². The molecule has 4 aromatic rings. The summed E-state index contributed by atoms with van der Waals surface area (Å²) in [5.74, 6) is 1.02. The number of fused-ring (bicyclic) bond motifs is 1. The van der Waals surface area contributed by atoms with Crippen molar-refractivity contribution in [1.82, 2.24) is 4.98 Å². The molecule has 2 heterocycles. The lowest BCUT2D eigenvalue weighted by molar-refractivity contribution is -0.118. The van der Waals surface area contributed by atoms with Crippen LogP contribution in [0.5, 0.6) is 5.75 Å². The fourth-order valence-corrected chi connectivity index (χ4v) is 4.26. The second kappa shape index (κ2) is 9.70. The number of aromatic nitrogens is 1. The molecule has 0 saturated heterocycles. The van der Waals surface area contributed by atoms with Crippen molar-refractivity contribution in [3.8, 4) is 16.9 Å². The lowest BCUT2D eigenvalue weighted by Gasteiger charge is -2.18. The number of pyridine rings is 1. The summed E-state index contributed by atoms with van der Waals surface area (Å²) in [5.41, 5.74) is 6.88. The van der Waals surface area contributed by atoms with Gasteiger partial charge in [0.05, 0.1) is 0 Å². The predicted octanol–water partition coefficient (Wildman–Crippen LogP) is 5.85.